The van der Waals surface area contributed by atoms with E-state index in [1.807, 2.05) is 18.5 Å². The molecule has 0 amide bonds. The summed E-state index contributed by atoms with van der Waals surface area (Å²) < 4.78 is 0. The van der Waals surface area contributed by atoms with Crippen molar-refractivity contribution in [3.63, 3.8) is 0 Å². The lowest BCUT2D eigenvalue weighted by Crippen LogP contribution is -2.13. The normalized spacial score (nSPS) is 16.3. The second-order valence-corrected chi connectivity index (χ2v) is 6.21. The lowest BCUT2D eigenvalue weighted by Gasteiger charge is -2.09. The van der Waals surface area contributed by atoms with Gasteiger partial charge in [0.15, 0.2) is 5.84 Å². The number of hydrogen-bond acceptors (Lipinski definition) is 4. The van der Waals surface area contributed by atoms with Gasteiger partial charge in [0.1, 0.15) is 5.69 Å². The highest BCUT2D eigenvalue weighted by Gasteiger charge is 2.26. The molecule has 112 valence electrons. The zero-order chi connectivity index (χ0) is 15.2. The van der Waals surface area contributed by atoms with Crippen molar-refractivity contribution in [2.75, 3.05) is 5.32 Å². The van der Waals surface area contributed by atoms with Gasteiger partial charge in [0.2, 0.25) is 0 Å². The number of hydrogen-bond donors (Lipinski definition) is 1. The minimum absolute atomic E-state index is 0.660. The van der Waals surface area contributed by atoms with Crippen molar-refractivity contribution in [3.05, 3.63) is 65.7 Å². The molecule has 0 saturated heterocycles. The Morgan fingerprint density at radius 2 is 1.96 bits per heavy atom. The summed E-state index contributed by atoms with van der Waals surface area (Å²) in [5.74, 6) is 1.52. The number of anilines is 1. The lowest BCUT2D eigenvalue weighted by molar-refractivity contribution is 1.05. The van der Waals surface area contributed by atoms with Crippen LogP contribution in [0.2, 0.25) is 0 Å². The van der Waals surface area contributed by atoms with Gasteiger partial charge in [0.05, 0.1) is 12.2 Å². The van der Waals surface area contributed by atoms with E-state index in [1.165, 1.54) is 34.9 Å². The molecule has 0 bridgehead atoms. The molecule has 3 heterocycles. The number of aromatic nitrogens is 2. The lowest BCUT2D eigenvalue weighted by atomic mass is 10.1. The molecule has 1 saturated carbocycles. The Balaban J connectivity index is 1.50. The first-order valence-corrected chi connectivity index (χ1v) is 8.03. The van der Waals surface area contributed by atoms with E-state index >= 15 is 0 Å². The van der Waals surface area contributed by atoms with Gasteiger partial charge < -0.3 is 5.32 Å². The number of fused-ring (bicyclic) bond motifs is 2. The van der Waals surface area contributed by atoms with E-state index < -0.39 is 0 Å². The minimum atomic E-state index is 0.660. The SMILES string of the molecule is c1cnc2c(c1)CN=C2Nc1ccc2c(C3CC3)nccc2c1. The van der Waals surface area contributed by atoms with Gasteiger partial charge in [0, 0.05) is 34.9 Å². The van der Waals surface area contributed by atoms with E-state index in [0.717, 1.165) is 17.2 Å². The molecule has 1 N–H and O–H groups in total. The van der Waals surface area contributed by atoms with Crippen LogP contribution in [0.4, 0.5) is 5.69 Å². The summed E-state index contributed by atoms with van der Waals surface area (Å²) in [6, 6.07) is 12.6. The zero-order valence-corrected chi connectivity index (χ0v) is 12.7. The Bertz CT molecular complexity index is 941. The fourth-order valence-electron chi connectivity index (χ4n) is 3.22. The second-order valence-electron chi connectivity index (χ2n) is 6.21. The quantitative estimate of drug-likeness (QED) is 0.781. The summed E-state index contributed by atoms with van der Waals surface area (Å²) in [6.07, 6.45) is 6.27. The smallest absolute Gasteiger partial charge is 0.152 e. The van der Waals surface area contributed by atoms with Gasteiger partial charge in [-0.15, -0.1) is 0 Å². The molecule has 1 aromatic carbocycles. The summed E-state index contributed by atoms with van der Waals surface area (Å²) >= 11 is 0. The second kappa shape index (κ2) is 4.88. The van der Waals surface area contributed by atoms with E-state index in [2.05, 4.69) is 50.6 Å². The van der Waals surface area contributed by atoms with Crippen LogP contribution in [0.3, 0.4) is 0 Å². The van der Waals surface area contributed by atoms with Crippen molar-refractivity contribution in [3.8, 4) is 0 Å². The van der Waals surface area contributed by atoms with Crippen LogP contribution in [0, 0.1) is 0 Å². The molecular formula is C19H16N4. The highest BCUT2D eigenvalue weighted by Crippen LogP contribution is 2.42. The molecule has 5 rings (SSSR count). The number of nitrogens with zero attached hydrogens (tertiary/aromatic N) is 3. The number of pyridine rings is 2. The van der Waals surface area contributed by atoms with Crippen LogP contribution >= 0.6 is 0 Å². The number of amidine groups is 1. The molecule has 1 fully saturated rings. The Labute approximate surface area is 134 Å². The fraction of sp³-hybridized carbons (Fsp3) is 0.211. The number of aliphatic imine (C=N–C) groups is 1. The third-order valence-corrected chi connectivity index (χ3v) is 4.55. The first-order valence-electron chi connectivity index (χ1n) is 8.03. The Kier molecular flexibility index (Phi) is 2.71. The van der Waals surface area contributed by atoms with E-state index in [1.54, 1.807) is 0 Å². The molecular weight excluding hydrogens is 284 g/mol. The standard InChI is InChI=1S/C19H16N4/c1-2-14-11-22-19(18(14)20-8-1)23-15-5-6-16-13(10-15)7-9-21-17(16)12-3-4-12/h1-2,5-10,12H,3-4,11H2,(H,22,23). The fourth-order valence-corrected chi connectivity index (χ4v) is 3.22. The average Bonchev–Trinajstić information content (AvgIpc) is 3.36. The van der Waals surface area contributed by atoms with Crippen LogP contribution in [0.5, 0.6) is 0 Å². The minimum Gasteiger partial charge on any atom is -0.339 e. The summed E-state index contributed by atoms with van der Waals surface area (Å²) in [4.78, 5) is 13.6. The summed E-state index contributed by atoms with van der Waals surface area (Å²) in [6.45, 7) is 0.703. The average molecular weight is 300 g/mol. The molecule has 1 aliphatic heterocycles. The maximum absolute atomic E-state index is 4.58. The van der Waals surface area contributed by atoms with Crippen LogP contribution in [0.25, 0.3) is 10.8 Å². The Hall–Kier alpha value is -2.75. The van der Waals surface area contributed by atoms with Crippen LogP contribution in [-0.2, 0) is 6.54 Å². The van der Waals surface area contributed by atoms with Crippen molar-refractivity contribution in [2.24, 2.45) is 4.99 Å². The molecule has 0 radical (unpaired) electrons. The predicted molar refractivity (Wildman–Crippen MR) is 91.8 cm³/mol. The monoisotopic (exact) mass is 300 g/mol. The first-order chi connectivity index (χ1) is 11.4. The Morgan fingerprint density at radius 1 is 1.00 bits per heavy atom. The molecule has 2 aromatic heterocycles. The van der Waals surface area contributed by atoms with Gasteiger partial charge in [-0.25, -0.2) is 0 Å². The van der Waals surface area contributed by atoms with E-state index in [0.29, 0.717) is 12.5 Å². The topological polar surface area (TPSA) is 50.2 Å². The van der Waals surface area contributed by atoms with Gasteiger partial charge in [0.25, 0.3) is 0 Å². The van der Waals surface area contributed by atoms with E-state index in [9.17, 15) is 0 Å². The highest BCUT2D eigenvalue weighted by molar-refractivity contribution is 6.10. The molecule has 4 heteroatoms. The number of benzene rings is 1. The first kappa shape index (κ1) is 12.8. The maximum atomic E-state index is 4.58. The summed E-state index contributed by atoms with van der Waals surface area (Å²) in [5, 5.41) is 5.92. The van der Waals surface area contributed by atoms with Crippen molar-refractivity contribution in [2.45, 2.75) is 25.3 Å². The molecule has 2 aliphatic rings. The van der Waals surface area contributed by atoms with Crippen molar-refractivity contribution in [1.82, 2.24) is 9.97 Å². The van der Waals surface area contributed by atoms with Crippen LogP contribution < -0.4 is 5.32 Å². The van der Waals surface area contributed by atoms with Gasteiger partial charge in [-0.05, 0) is 42.5 Å². The van der Waals surface area contributed by atoms with Gasteiger partial charge in [-0.1, -0.05) is 12.1 Å². The molecule has 4 nitrogen and oxygen atoms in total. The van der Waals surface area contributed by atoms with Crippen molar-refractivity contribution < 1.29 is 0 Å². The zero-order valence-electron chi connectivity index (χ0n) is 12.7. The molecule has 0 spiro atoms. The third kappa shape index (κ3) is 2.18. The van der Waals surface area contributed by atoms with E-state index in [4.69, 9.17) is 0 Å². The van der Waals surface area contributed by atoms with Crippen molar-refractivity contribution >= 4 is 22.3 Å². The van der Waals surface area contributed by atoms with Gasteiger partial charge in [-0.2, -0.15) is 0 Å². The van der Waals surface area contributed by atoms with Crippen molar-refractivity contribution in [1.29, 1.82) is 0 Å². The molecule has 1 aliphatic carbocycles. The third-order valence-electron chi connectivity index (χ3n) is 4.55. The van der Waals surface area contributed by atoms with Gasteiger partial charge >= 0.3 is 0 Å². The van der Waals surface area contributed by atoms with Crippen LogP contribution in [-0.4, -0.2) is 15.8 Å². The van der Waals surface area contributed by atoms with Crippen LogP contribution in [0.1, 0.15) is 35.7 Å². The molecule has 23 heavy (non-hydrogen) atoms. The molecule has 0 atom stereocenters. The largest absolute Gasteiger partial charge is 0.339 e. The number of rotatable bonds is 2. The number of nitrogens with one attached hydrogen (secondary N) is 1. The Morgan fingerprint density at radius 3 is 2.87 bits per heavy atom. The van der Waals surface area contributed by atoms with Gasteiger partial charge in [-0.3, -0.25) is 15.0 Å². The van der Waals surface area contributed by atoms with Crippen LogP contribution in [0.15, 0.2) is 53.8 Å². The molecule has 3 aromatic rings. The predicted octanol–water partition coefficient (Wildman–Crippen LogP) is 3.88. The maximum Gasteiger partial charge on any atom is 0.152 e. The summed E-state index contributed by atoms with van der Waals surface area (Å²) in [7, 11) is 0. The molecule has 0 unspecified atom stereocenters. The highest BCUT2D eigenvalue weighted by atomic mass is 15.0. The van der Waals surface area contributed by atoms with E-state index in [-0.39, 0.29) is 0 Å². The summed E-state index contributed by atoms with van der Waals surface area (Å²) in [5.41, 5.74) is 4.43.